The van der Waals surface area contributed by atoms with Crippen molar-refractivity contribution in [3.63, 3.8) is 0 Å². The zero-order valence-corrected chi connectivity index (χ0v) is 10.5. The molecule has 2 heteroatoms. The summed E-state index contributed by atoms with van der Waals surface area (Å²) >= 11 is 5.88. The van der Waals surface area contributed by atoms with Crippen LogP contribution in [-0.4, -0.2) is 6.04 Å². The van der Waals surface area contributed by atoms with Crippen molar-refractivity contribution >= 4 is 11.6 Å². The van der Waals surface area contributed by atoms with E-state index in [-0.39, 0.29) is 0 Å². The van der Waals surface area contributed by atoms with Gasteiger partial charge in [-0.2, -0.15) is 0 Å². The maximum atomic E-state index is 5.88. The lowest BCUT2D eigenvalue weighted by Gasteiger charge is -2.21. The van der Waals surface area contributed by atoms with E-state index in [0.29, 0.717) is 12.1 Å². The lowest BCUT2D eigenvalue weighted by Crippen LogP contribution is -2.28. The Morgan fingerprint density at radius 3 is 2.27 bits per heavy atom. The molecule has 0 aliphatic carbocycles. The van der Waals surface area contributed by atoms with E-state index in [9.17, 15) is 0 Å². The van der Waals surface area contributed by atoms with Gasteiger partial charge < -0.3 is 5.32 Å². The highest BCUT2D eigenvalue weighted by atomic mass is 35.5. The first-order valence-electron chi connectivity index (χ1n) is 5.65. The molecule has 0 saturated carbocycles. The molecule has 0 aliphatic rings. The minimum absolute atomic E-state index is 0.451. The standard InChI is InChI=1S/C13H20ClN/c1-4-5-13(15-10(2)3)11-6-8-12(14)9-7-11/h6-10,13,15H,4-5H2,1-3H3. The molecule has 1 rings (SSSR count). The monoisotopic (exact) mass is 225 g/mol. The maximum absolute atomic E-state index is 5.88. The summed E-state index contributed by atoms with van der Waals surface area (Å²) in [7, 11) is 0. The van der Waals surface area contributed by atoms with Crippen molar-refractivity contribution in [3.05, 3.63) is 34.9 Å². The normalized spacial score (nSPS) is 13.1. The van der Waals surface area contributed by atoms with Gasteiger partial charge in [0.2, 0.25) is 0 Å². The minimum atomic E-state index is 0.451. The van der Waals surface area contributed by atoms with Crippen molar-refractivity contribution in [2.45, 2.75) is 45.7 Å². The van der Waals surface area contributed by atoms with Crippen LogP contribution in [0.15, 0.2) is 24.3 Å². The number of hydrogen-bond donors (Lipinski definition) is 1. The molecule has 84 valence electrons. The van der Waals surface area contributed by atoms with Crippen molar-refractivity contribution in [1.82, 2.24) is 5.32 Å². The van der Waals surface area contributed by atoms with Gasteiger partial charge in [0, 0.05) is 17.1 Å². The fourth-order valence-electron chi connectivity index (χ4n) is 1.73. The van der Waals surface area contributed by atoms with Gasteiger partial charge in [-0.1, -0.05) is 50.9 Å². The molecule has 1 atom stereocenters. The van der Waals surface area contributed by atoms with E-state index in [0.717, 1.165) is 5.02 Å². The Morgan fingerprint density at radius 1 is 1.20 bits per heavy atom. The van der Waals surface area contributed by atoms with Gasteiger partial charge >= 0.3 is 0 Å². The third-order valence-electron chi connectivity index (χ3n) is 2.38. The van der Waals surface area contributed by atoms with Crippen molar-refractivity contribution < 1.29 is 0 Å². The van der Waals surface area contributed by atoms with E-state index in [1.807, 2.05) is 12.1 Å². The zero-order valence-electron chi connectivity index (χ0n) is 9.76. The molecule has 1 N–H and O–H groups in total. The Kier molecular flexibility index (Phi) is 5.13. The number of hydrogen-bond acceptors (Lipinski definition) is 1. The molecule has 1 aromatic rings. The van der Waals surface area contributed by atoms with Crippen LogP contribution in [0.2, 0.25) is 5.02 Å². The van der Waals surface area contributed by atoms with E-state index in [2.05, 4.69) is 38.2 Å². The van der Waals surface area contributed by atoms with Gasteiger partial charge in [0.05, 0.1) is 0 Å². The highest BCUT2D eigenvalue weighted by molar-refractivity contribution is 6.30. The summed E-state index contributed by atoms with van der Waals surface area (Å²) in [5, 5.41) is 4.38. The first-order chi connectivity index (χ1) is 7.13. The third kappa shape index (κ3) is 4.23. The Balaban J connectivity index is 2.74. The van der Waals surface area contributed by atoms with Crippen molar-refractivity contribution in [1.29, 1.82) is 0 Å². The van der Waals surface area contributed by atoms with Crippen LogP contribution in [0.5, 0.6) is 0 Å². The summed E-state index contributed by atoms with van der Waals surface area (Å²) in [6.07, 6.45) is 2.35. The van der Waals surface area contributed by atoms with Crippen LogP contribution in [0.4, 0.5) is 0 Å². The van der Waals surface area contributed by atoms with Crippen LogP contribution in [0.3, 0.4) is 0 Å². The molecular weight excluding hydrogens is 206 g/mol. The van der Waals surface area contributed by atoms with Crippen molar-refractivity contribution in [2.24, 2.45) is 0 Å². The predicted molar refractivity (Wildman–Crippen MR) is 67.4 cm³/mol. The molecule has 1 aromatic carbocycles. The van der Waals surface area contributed by atoms with Gasteiger partial charge in [-0.25, -0.2) is 0 Å². The SMILES string of the molecule is CCCC(NC(C)C)c1ccc(Cl)cc1. The fraction of sp³-hybridized carbons (Fsp3) is 0.538. The highest BCUT2D eigenvalue weighted by Crippen LogP contribution is 2.21. The van der Waals surface area contributed by atoms with Crippen LogP contribution >= 0.6 is 11.6 Å². The average molecular weight is 226 g/mol. The number of nitrogens with one attached hydrogen (secondary N) is 1. The summed E-state index contributed by atoms with van der Waals surface area (Å²) < 4.78 is 0. The van der Waals surface area contributed by atoms with Crippen LogP contribution in [0.25, 0.3) is 0 Å². The Labute approximate surface area is 97.8 Å². The van der Waals surface area contributed by atoms with Crippen LogP contribution < -0.4 is 5.32 Å². The van der Waals surface area contributed by atoms with Crippen LogP contribution in [0.1, 0.15) is 45.2 Å². The quantitative estimate of drug-likeness (QED) is 0.793. The number of benzene rings is 1. The van der Waals surface area contributed by atoms with E-state index < -0.39 is 0 Å². The van der Waals surface area contributed by atoms with Gasteiger partial charge in [-0.05, 0) is 24.1 Å². The van der Waals surface area contributed by atoms with E-state index >= 15 is 0 Å². The minimum Gasteiger partial charge on any atom is -0.308 e. The molecule has 0 bridgehead atoms. The molecule has 0 aliphatic heterocycles. The molecule has 0 aromatic heterocycles. The molecular formula is C13H20ClN. The zero-order chi connectivity index (χ0) is 11.3. The summed E-state index contributed by atoms with van der Waals surface area (Å²) in [6.45, 7) is 6.57. The predicted octanol–water partition coefficient (Wildman–Crippen LogP) is 4.18. The topological polar surface area (TPSA) is 12.0 Å². The smallest absolute Gasteiger partial charge is 0.0406 e. The molecule has 15 heavy (non-hydrogen) atoms. The first kappa shape index (κ1) is 12.5. The van der Waals surface area contributed by atoms with E-state index in [1.165, 1.54) is 18.4 Å². The average Bonchev–Trinajstić information content (AvgIpc) is 2.17. The van der Waals surface area contributed by atoms with Crippen molar-refractivity contribution in [3.8, 4) is 0 Å². The summed E-state index contributed by atoms with van der Waals surface area (Å²) in [4.78, 5) is 0. The van der Waals surface area contributed by atoms with Gasteiger partial charge in [-0.15, -0.1) is 0 Å². The highest BCUT2D eigenvalue weighted by Gasteiger charge is 2.10. The Morgan fingerprint density at radius 2 is 1.80 bits per heavy atom. The Bertz CT molecular complexity index is 279. The molecule has 0 saturated heterocycles. The second-order valence-corrected chi connectivity index (χ2v) is 4.65. The summed E-state index contributed by atoms with van der Waals surface area (Å²) in [5.41, 5.74) is 1.33. The van der Waals surface area contributed by atoms with Crippen molar-refractivity contribution in [2.75, 3.05) is 0 Å². The van der Waals surface area contributed by atoms with E-state index in [4.69, 9.17) is 11.6 Å². The fourth-order valence-corrected chi connectivity index (χ4v) is 1.86. The molecule has 0 spiro atoms. The van der Waals surface area contributed by atoms with Gasteiger partial charge in [0.1, 0.15) is 0 Å². The number of halogens is 1. The Hall–Kier alpha value is -0.530. The molecule has 0 amide bonds. The molecule has 0 fully saturated rings. The van der Waals surface area contributed by atoms with Gasteiger partial charge in [-0.3, -0.25) is 0 Å². The number of rotatable bonds is 5. The molecule has 1 nitrogen and oxygen atoms in total. The maximum Gasteiger partial charge on any atom is 0.0406 e. The second kappa shape index (κ2) is 6.14. The largest absolute Gasteiger partial charge is 0.308 e. The second-order valence-electron chi connectivity index (χ2n) is 4.21. The lowest BCUT2D eigenvalue weighted by molar-refractivity contribution is 0.448. The molecule has 0 heterocycles. The molecule has 0 radical (unpaired) electrons. The van der Waals surface area contributed by atoms with Crippen LogP contribution in [0, 0.1) is 0 Å². The van der Waals surface area contributed by atoms with Gasteiger partial charge in [0.25, 0.3) is 0 Å². The molecule has 1 unspecified atom stereocenters. The van der Waals surface area contributed by atoms with Crippen LogP contribution in [-0.2, 0) is 0 Å². The third-order valence-corrected chi connectivity index (χ3v) is 2.64. The van der Waals surface area contributed by atoms with Gasteiger partial charge in [0.15, 0.2) is 0 Å². The summed E-state index contributed by atoms with van der Waals surface area (Å²) in [5.74, 6) is 0. The first-order valence-corrected chi connectivity index (χ1v) is 6.02. The lowest BCUT2D eigenvalue weighted by atomic mass is 10.0. The van der Waals surface area contributed by atoms with E-state index in [1.54, 1.807) is 0 Å². The summed E-state index contributed by atoms with van der Waals surface area (Å²) in [6, 6.07) is 9.10.